The average molecular weight is 279 g/mol. The topological polar surface area (TPSA) is 30.5 Å². The number of ether oxygens (including phenoxy) is 2. The van der Waals surface area contributed by atoms with Crippen LogP contribution in [0.3, 0.4) is 0 Å². The van der Waals surface area contributed by atoms with Crippen molar-refractivity contribution in [3.05, 3.63) is 23.8 Å². The molecule has 0 aliphatic heterocycles. The predicted octanol–water partition coefficient (Wildman–Crippen LogP) is 3.69. The van der Waals surface area contributed by atoms with Gasteiger partial charge in [-0.25, -0.2) is 0 Å². The zero-order valence-corrected chi connectivity index (χ0v) is 13.7. The molecule has 0 radical (unpaired) electrons. The van der Waals surface area contributed by atoms with Gasteiger partial charge in [0.1, 0.15) is 11.5 Å². The third-order valence-corrected chi connectivity index (χ3v) is 3.77. The second-order valence-electron chi connectivity index (χ2n) is 5.96. The van der Waals surface area contributed by atoms with Crippen LogP contribution >= 0.6 is 0 Å². The highest BCUT2D eigenvalue weighted by Gasteiger charge is 2.16. The first-order chi connectivity index (χ1) is 9.47. The van der Waals surface area contributed by atoms with Gasteiger partial charge in [0, 0.05) is 6.07 Å². The first-order valence-corrected chi connectivity index (χ1v) is 7.41. The van der Waals surface area contributed by atoms with E-state index in [0.29, 0.717) is 17.8 Å². The average Bonchev–Trinajstić information content (AvgIpc) is 2.45. The summed E-state index contributed by atoms with van der Waals surface area (Å²) in [6.45, 7) is 11.1. The molecule has 0 bridgehead atoms. The molecule has 0 spiro atoms. The van der Waals surface area contributed by atoms with Gasteiger partial charge < -0.3 is 14.8 Å². The Bertz CT molecular complexity index is 382. The molecule has 1 aromatic rings. The van der Waals surface area contributed by atoms with Crippen LogP contribution in [0.2, 0.25) is 0 Å². The Morgan fingerprint density at radius 3 is 1.90 bits per heavy atom. The van der Waals surface area contributed by atoms with Gasteiger partial charge in [0.2, 0.25) is 0 Å². The van der Waals surface area contributed by atoms with Crippen molar-refractivity contribution in [1.29, 1.82) is 0 Å². The van der Waals surface area contributed by atoms with Gasteiger partial charge in [0.05, 0.1) is 14.2 Å². The maximum Gasteiger partial charge on any atom is 0.122 e. The fraction of sp³-hybridized carbons (Fsp3) is 0.647. The number of nitrogens with one attached hydrogen (secondary N) is 1. The van der Waals surface area contributed by atoms with Crippen molar-refractivity contribution >= 4 is 0 Å². The van der Waals surface area contributed by atoms with Gasteiger partial charge in [0.15, 0.2) is 0 Å². The second-order valence-corrected chi connectivity index (χ2v) is 5.96. The molecule has 1 aromatic carbocycles. The lowest BCUT2D eigenvalue weighted by Crippen LogP contribution is -2.27. The van der Waals surface area contributed by atoms with Gasteiger partial charge >= 0.3 is 0 Å². The van der Waals surface area contributed by atoms with Crippen molar-refractivity contribution in [3.8, 4) is 11.5 Å². The van der Waals surface area contributed by atoms with Crippen LogP contribution in [-0.4, -0.2) is 27.3 Å². The van der Waals surface area contributed by atoms with Crippen molar-refractivity contribution in [2.24, 2.45) is 11.8 Å². The Hall–Kier alpha value is -1.22. The van der Waals surface area contributed by atoms with Crippen molar-refractivity contribution in [1.82, 2.24) is 5.32 Å². The van der Waals surface area contributed by atoms with Crippen LogP contribution < -0.4 is 14.8 Å². The number of hydrogen-bond donors (Lipinski definition) is 1. The molecule has 0 saturated heterocycles. The minimum Gasteiger partial charge on any atom is -0.497 e. The Labute approximate surface area is 123 Å². The minimum absolute atomic E-state index is 0.457. The van der Waals surface area contributed by atoms with E-state index in [4.69, 9.17) is 9.47 Å². The van der Waals surface area contributed by atoms with Crippen LogP contribution in [0.5, 0.6) is 11.5 Å². The fourth-order valence-corrected chi connectivity index (χ4v) is 2.20. The summed E-state index contributed by atoms with van der Waals surface area (Å²) in [4.78, 5) is 0. The van der Waals surface area contributed by atoms with Crippen LogP contribution in [0.15, 0.2) is 18.2 Å². The monoisotopic (exact) mass is 279 g/mol. The zero-order valence-electron chi connectivity index (χ0n) is 13.7. The van der Waals surface area contributed by atoms with E-state index in [1.165, 1.54) is 5.56 Å². The molecule has 0 aliphatic carbocycles. The summed E-state index contributed by atoms with van der Waals surface area (Å²) >= 11 is 0. The molecule has 2 atom stereocenters. The summed E-state index contributed by atoms with van der Waals surface area (Å²) in [5.74, 6) is 3.42. The van der Waals surface area contributed by atoms with E-state index in [9.17, 15) is 0 Å². The van der Waals surface area contributed by atoms with E-state index in [0.717, 1.165) is 24.6 Å². The Kier molecular flexibility index (Phi) is 6.86. The smallest absolute Gasteiger partial charge is 0.122 e. The molecule has 0 aromatic heterocycles. The molecule has 0 heterocycles. The van der Waals surface area contributed by atoms with E-state index >= 15 is 0 Å². The molecule has 0 amide bonds. The fourth-order valence-electron chi connectivity index (χ4n) is 2.20. The largest absolute Gasteiger partial charge is 0.497 e. The standard InChI is InChI=1S/C17H29NO2/c1-12(2)10-18-11-13(3)14(4)15-7-16(19-5)9-17(8-15)20-6/h7-9,12-14,18H,10-11H2,1-6H3. The Balaban J connectivity index is 2.72. The van der Waals surface area contributed by atoms with E-state index in [1.54, 1.807) is 14.2 Å². The van der Waals surface area contributed by atoms with Gasteiger partial charge in [-0.15, -0.1) is 0 Å². The van der Waals surface area contributed by atoms with Gasteiger partial charge in [0.25, 0.3) is 0 Å². The van der Waals surface area contributed by atoms with Crippen molar-refractivity contribution < 1.29 is 9.47 Å². The number of hydrogen-bond acceptors (Lipinski definition) is 3. The molecular formula is C17H29NO2. The van der Waals surface area contributed by atoms with Crippen LogP contribution in [0, 0.1) is 11.8 Å². The molecule has 3 heteroatoms. The third kappa shape index (κ3) is 5.04. The highest BCUT2D eigenvalue weighted by molar-refractivity contribution is 5.40. The Morgan fingerprint density at radius 2 is 1.45 bits per heavy atom. The molecular weight excluding hydrogens is 250 g/mol. The molecule has 1 rings (SSSR count). The summed E-state index contributed by atoms with van der Waals surface area (Å²) in [5, 5.41) is 3.53. The molecule has 114 valence electrons. The molecule has 0 saturated carbocycles. The second kappa shape index (κ2) is 8.15. The van der Waals surface area contributed by atoms with E-state index in [1.807, 2.05) is 6.07 Å². The highest BCUT2D eigenvalue weighted by atomic mass is 16.5. The number of methoxy groups -OCH3 is 2. The summed E-state index contributed by atoms with van der Waals surface area (Å²) in [6.07, 6.45) is 0. The van der Waals surface area contributed by atoms with E-state index < -0.39 is 0 Å². The van der Waals surface area contributed by atoms with Crippen LogP contribution in [-0.2, 0) is 0 Å². The summed E-state index contributed by atoms with van der Waals surface area (Å²) in [7, 11) is 3.38. The molecule has 20 heavy (non-hydrogen) atoms. The van der Waals surface area contributed by atoms with Crippen molar-refractivity contribution in [3.63, 3.8) is 0 Å². The van der Waals surface area contributed by atoms with Gasteiger partial charge in [-0.3, -0.25) is 0 Å². The summed E-state index contributed by atoms with van der Waals surface area (Å²) in [5.41, 5.74) is 1.26. The lowest BCUT2D eigenvalue weighted by Gasteiger charge is -2.22. The van der Waals surface area contributed by atoms with Crippen LogP contribution in [0.1, 0.15) is 39.2 Å². The summed E-state index contributed by atoms with van der Waals surface area (Å²) in [6, 6.07) is 6.12. The van der Waals surface area contributed by atoms with Crippen molar-refractivity contribution in [2.75, 3.05) is 27.3 Å². The van der Waals surface area contributed by atoms with Crippen LogP contribution in [0.25, 0.3) is 0 Å². The van der Waals surface area contributed by atoms with E-state index in [-0.39, 0.29) is 0 Å². The number of benzene rings is 1. The first-order valence-electron chi connectivity index (χ1n) is 7.41. The molecule has 1 N–H and O–H groups in total. The van der Waals surface area contributed by atoms with Crippen molar-refractivity contribution in [2.45, 2.75) is 33.6 Å². The molecule has 0 fully saturated rings. The first kappa shape index (κ1) is 16.8. The SMILES string of the molecule is COc1cc(OC)cc(C(C)C(C)CNCC(C)C)c1. The maximum atomic E-state index is 5.34. The quantitative estimate of drug-likeness (QED) is 0.787. The third-order valence-electron chi connectivity index (χ3n) is 3.77. The Morgan fingerprint density at radius 1 is 0.900 bits per heavy atom. The van der Waals surface area contributed by atoms with Gasteiger partial charge in [-0.1, -0.05) is 27.7 Å². The highest BCUT2D eigenvalue weighted by Crippen LogP contribution is 2.31. The molecule has 3 nitrogen and oxygen atoms in total. The normalized spacial score (nSPS) is 14.2. The van der Waals surface area contributed by atoms with E-state index in [2.05, 4.69) is 45.1 Å². The minimum atomic E-state index is 0.457. The lowest BCUT2D eigenvalue weighted by molar-refractivity contribution is 0.388. The maximum absolute atomic E-state index is 5.34. The van der Waals surface area contributed by atoms with Gasteiger partial charge in [-0.05, 0) is 48.5 Å². The number of rotatable bonds is 8. The zero-order chi connectivity index (χ0) is 15.1. The van der Waals surface area contributed by atoms with Gasteiger partial charge in [-0.2, -0.15) is 0 Å². The van der Waals surface area contributed by atoms with Crippen LogP contribution in [0.4, 0.5) is 0 Å². The molecule has 0 aliphatic rings. The lowest BCUT2D eigenvalue weighted by atomic mass is 9.88. The molecule has 2 unspecified atom stereocenters. The summed E-state index contributed by atoms with van der Waals surface area (Å²) < 4.78 is 10.7. The predicted molar refractivity (Wildman–Crippen MR) is 84.8 cm³/mol.